The molecular formula is C7H6ClF3N2. The molecule has 0 aromatic carbocycles. The molecule has 2 N–H and O–H groups in total. The summed E-state index contributed by atoms with van der Waals surface area (Å²) in [6, 6.07) is 0.914. The second-order valence-corrected chi connectivity index (χ2v) is 2.70. The quantitative estimate of drug-likeness (QED) is 0.761. The van der Waals surface area contributed by atoms with E-state index in [1.54, 1.807) is 0 Å². The van der Waals surface area contributed by atoms with Gasteiger partial charge in [0.05, 0.1) is 0 Å². The van der Waals surface area contributed by atoms with Gasteiger partial charge in [0.1, 0.15) is 5.15 Å². The molecule has 1 aromatic heterocycles. The van der Waals surface area contributed by atoms with Gasteiger partial charge in [-0.1, -0.05) is 11.6 Å². The number of nitrogens with zero attached hydrogens (tertiary/aromatic N) is 1. The van der Waals surface area contributed by atoms with Crippen molar-refractivity contribution in [3.63, 3.8) is 0 Å². The van der Waals surface area contributed by atoms with E-state index in [1.165, 1.54) is 0 Å². The van der Waals surface area contributed by atoms with Crippen LogP contribution in [0.25, 0.3) is 0 Å². The lowest BCUT2D eigenvalue weighted by molar-refractivity contribution is 0.149. The summed E-state index contributed by atoms with van der Waals surface area (Å²) in [6.07, 6.45) is -2.80. The molecule has 0 saturated heterocycles. The van der Waals surface area contributed by atoms with Crippen molar-refractivity contribution in [1.82, 2.24) is 4.98 Å². The number of aromatic nitrogens is 1. The molecule has 0 aliphatic carbocycles. The van der Waals surface area contributed by atoms with Gasteiger partial charge in [-0.25, -0.2) is 13.8 Å². The first kappa shape index (κ1) is 10.3. The van der Waals surface area contributed by atoms with Crippen LogP contribution in [0.4, 0.5) is 13.2 Å². The van der Waals surface area contributed by atoms with Gasteiger partial charge in [-0.05, 0) is 6.07 Å². The molecule has 0 aliphatic heterocycles. The predicted octanol–water partition coefficient (Wildman–Crippen LogP) is 2.27. The summed E-state index contributed by atoms with van der Waals surface area (Å²) in [5, 5.41) is -0.301. The maximum Gasteiger partial charge on any atom is 0.264 e. The smallest absolute Gasteiger partial charge is 0.264 e. The summed E-state index contributed by atoms with van der Waals surface area (Å²) >= 11 is 5.30. The fourth-order valence-electron chi connectivity index (χ4n) is 0.925. The Morgan fingerprint density at radius 2 is 2.15 bits per heavy atom. The van der Waals surface area contributed by atoms with Crippen LogP contribution in [0.1, 0.15) is 17.6 Å². The Kier molecular flexibility index (Phi) is 3.11. The Balaban J connectivity index is 3.29. The summed E-state index contributed by atoms with van der Waals surface area (Å²) in [5.74, 6) is -1.04. The first-order chi connectivity index (χ1) is 6.06. The fourth-order valence-corrected chi connectivity index (χ4v) is 1.12. The van der Waals surface area contributed by atoms with Crippen LogP contribution >= 0.6 is 11.6 Å². The van der Waals surface area contributed by atoms with E-state index in [4.69, 9.17) is 17.3 Å². The van der Waals surface area contributed by atoms with E-state index in [1.807, 2.05) is 0 Å². The molecule has 0 spiro atoms. The van der Waals surface area contributed by atoms with Gasteiger partial charge < -0.3 is 5.73 Å². The number of pyridine rings is 1. The van der Waals surface area contributed by atoms with E-state index in [9.17, 15) is 13.2 Å². The molecule has 1 rings (SSSR count). The molecule has 72 valence electrons. The first-order valence-corrected chi connectivity index (χ1v) is 3.77. The molecule has 0 atom stereocenters. The van der Waals surface area contributed by atoms with Crippen molar-refractivity contribution in [3.8, 4) is 0 Å². The van der Waals surface area contributed by atoms with Crippen LogP contribution in [0.2, 0.25) is 5.15 Å². The summed E-state index contributed by atoms with van der Waals surface area (Å²) in [6.45, 7) is -0.324. The van der Waals surface area contributed by atoms with E-state index in [0.29, 0.717) is 0 Å². The highest BCUT2D eigenvalue weighted by Crippen LogP contribution is 2.26. The Bertz CT molecular complexity index is 317. The molecule has 1 aromatic rings. The minimum absolute atomic E-state index is 0.292. The molecule has 2 nitrogen and oxygen atoms in total. The molecule has 13 heavy (non-hydrogen) atoms. The molecule has 0 unspecified atom stereocenters. The van der Waals surface area contributed by atoms with Crippen molar-refractivity contribution < 1.29 is 13.2 Å². The van der Waals surface area contributed by atoms with Crippen LogP contribution in [-0.2, 0) is 6.54 Å². The molecule has 1 heterocycles. The highest BCUT2D eigenvalue weighted by molar-refractivity contribution is 6.29. The maximum absolute atomic E-state index is 12.9. The normalized spacial score (nSPS) is 10.9. The number of halogens is 4. The lowest BCUT2D eigenvalue weighted by Crippen LogP contribution is -2.07. The molecule has 0 amide bonds. The van der Waals surface area contributed by atoms with Gasteiger partial charge >= 0.3 is 0 Å². The number of hydrogen-bond acceptors (Lipinski definition) is 2. The highest BCUT2D eigenvalue weighted by atomic mass is 35.5. The third kappa shape index (κ3) is 2.10. The van der Waals surface area contributed by atoms with Gasteiger partial charge in [-0.3, -0.25) is 0 Å². The third-order valence-electron chi connectivity index (χ3n) is 1.52. The third-order valence-corrected chi connectivity index (χ3v) is 1.71. The van der Waals surface area contributed by atoms with Crippen LogP contribution in [0.5, 0.6) is 0 Å². The second kappa shape index (κ2) is 3.93. The van der Waals surface area contributed by atoms with Gasteiger partial charge in [0, 0.05) is 17.7 Å². The van der Waals surface area contributed by atoms with Crippen molar-refractivity contribution in [2.45, 2.75) is 13.0 Å². The monoisotopic (exact) mass is 210 g/mol. The summed E-state index contributed by atoms with van der Waals surface area (Å²) in [5.41, 5.74) is 4.29. The number of hydrogen-bond donors (Lipinski definition) is 1. The minimum Gasteiger partial charge on any atom is -0.326 e. The van der Waals surface area contributed by atoms with Gasteiger partial charge in [0.25, 0.3) is 6.43 Å². The van der Waals surface area contributed by atoms with Crippen molar-refractivity contribution in [2.24, 2.45) is 5.73 Å². The molecule has 6 heteroatoms. The molecular weight excluding hydrogens is 205 g/mol. The second-order valence-electron chi connectivity index (χ2n) is 2.31. The Hall–Kier alpha value is -0.810. The predicted molar refractivity (Wildman–Crippen MR) is 42.1 cm³/mol. The average molecular weight is 211 g/mol. The van der Waals surface area contributed by atoms with Crippen LogP contribution in [0.15, 0.2) is 6.07 Å². The van der Waals surface area contributed by atoms with Gasteiger partial charge in [-0.2, -0.15) is 4.39 Å². The lowest BCUT2D eigenvalue weighted by Gasteiger charge is -2.07. The van der Waals surface area contributed by atoms with Crippen LogP contribution in [0, 0.1) is 5.95 Å². The summed E-state index contributed by atoms with van der Waals surface area (Å²) in [4.78, 5) is 3.17. The summed E-state index contributed by atoms with van der Waals surface area (Å²) < 4.78 is 37.4. The Morgan fingerprint density at radius 1 is 1.54 bits per heavy atom. The van der Waals surface area contributed by atoms with Gasteiger partial charge in [0.15, 0.2) is 0 Å². The zero-order valence-corrected chi connectivity index (χ0v) is 7.15. The fraction of sp³-hybridized carbons (Fsp3) is 0.286. The van der Waals surface area contributed by atoms with E-state index >= 15 is 0 Å². The molecule has 0 aliphatic rings. The number of rotatable bonds is 2. The van der Waals surface area contributed by atoms with Crippen molar-refractivity contribution in [1.29, 1.82) is 0 Å². The zero-order chi connectivity index (χ0) is 10.0. The van der Waals surface area contributed by atoms with E-state index < -0.39 is 17.9 Å². The van der Waals surface area contributed by atoms with E-state index in [0.717, 1.165) is 6.07 Å². The number of alkyl halides is 2. The zero-order valence-electron chi connectivity index (χ0n) is 6.40. The highest BCUT2D eigenvalue weighted by Gasteiger charge is 2.17. The van der Waals surface area contributed by atoms with Crippen LogP contribution < -0.4 is 5.73 Å². The van der Waals surface area contributed by atoms with E-state index in [2.05, 4.69) is 4.98 Å². The Morgan fingerprint density at radius 3 is 2.62 bits per heavy atom. The topological polar surface area (TPSA) is 38.9 Å². The molecule has 0 radical (unpaired) electrons. The average Bonchev–Trinajstić information content (AvgIpc) is 2.02. The summed E-state index contributed by atoms with van der Waals surface area (Å²) in [7, 11) is 0. The maximum atomic E-state index is 12.9. The standard InChI is InChI=1S/C7H6ClF3N2/c8-5-1-3(6(9)10)4(2-12)7(11)13-5/h1,6H,2,12H2. The van der Waals surface area contributed by atoms with Crippen molar-refractivity contribution in [3.05, 3.63) is 28.3 Å². The van der Waals surface area contributed by atoms with Crippen molar-refractivity contribution in [2.75, 3.05) is 0 Å². The van der Waals surface area contributed by atoms with Crippen molar-refractivity contribution >= 4 is 11.6 Å². The van der Waals surface area contributed by atoms with Gasteiger partial charge in [-0.15, -0.1) is 0 Å². The molecule has 0 saturated carbocycles. The van der Waals surface area contributed by atoms with Crippen LogP contribution in [0.3, 0.4) is 0 Å². The molecule has 0 bridgehead atoms. The number of nitrogens with two attached hydrogens (primary N) is 1. The largest absolute Gasteiger partial charge is 0.326 e. The van der Waals surface area contributed by atoms with E-state index in [-0.39, 0.29) is 17.3 Å². The van der Waals surface area contributed by atoms with Crippen LogP contribution in [-0.4, -0.2) is 4.98 Å². The SMILES string of the molecule is NCc1c(C(F)F)cc(Cl)nc1F. The first-order valence-electron chi connectivity index (χ1n) is 3.39. The molecule has 0 fully saturated rings. The van der Waals surface area contributed by atoms with Gasteiger partial charge in [0.2, 0.25) is 5.95 Å². The lowest BCUT2D eigenvalue weighted by atomic mass is 10.1. The minimum atomic E-state index is -2.80. The Labute approximate surface area is 77.5 Å².